The number of hydrogen-bond acceptors (Lipinski definition) is 3. The summed E-state index contributed by atoms with van der Waals surface area (Å²) in [5, 5.41) is 1.01. The number of Topliss-reactive ketones (excluding diaryl/α,β-unsaturated/α-hetero) is 1. The summed E-state index contributed by atoms with van der Waals surface area (Å²) in [5.41, 5.74) is 3.45. The molecule has 0 unspecified atom stereocenters. The molecule has 1 heterocycles. The fourth-order valence-corrected chi connectivity index (χ4v) is 3.04. The molecule has 0 aliphatic heterocycles. The first-order chi connectivity index (χ1) is 8.97. The van der Waals surface area contributed by atoms with Crippen LogP contribution in [0.15, 0.2) is 24.3 Å². The normalized spacial score (nSPS) is 11.0. The van der Waals surface area contributed by atoms with Crippen LogP contribution in [0, 0.1) is 6.92 Å². The standard InChI is InChI=1S/C16H19NOS/c1-10(2)14-7-5-13(6-8-14)9-15-17-11(3)16(19-15)12(4)18/h5-8,10H,9H2,1-4H3. The van der Waals surface area contributed by atoms with E-state index in [1.54, 1.807) is 6.92 Å². The monoisotopic (exact) mass is 273 g/mol. The van der Waals surface area contributed by atoms with Crippen LogP contribution in [0.5, 0.6) is 0 Å². The number of nitrogens with zero attached hydrogens (tertiary/aromatic N) is 1. The summed E-state index contributed by atoms with van der Waals surface area (Å²) in [6.07, 6.45) is 0.803. The van der Waals surface area contributed by atoms with E-state index in [0.717, 1.165) is 22.0 Å². The molecule has 100 valence electrons. The van der Waals surface area contributed by atoms with E-state index in [9.17, 15) is 4.79 Å². The number of carbonyl (C=O) groups is 1. The predicted octanol–water partition coefficient (Wildman–Crippen LogP) is 4.37. The van der Waals surface area contributed by atoms with Gasteiger partial charge in [-0.05, 0) is 24.0 Å². The molecule has 0 saturated heterocycles. The summed E-state index contributed by atoms with van der Waals surface area (Å²) in [5.74, 6) is 0.664. The number of carbonyl (C=O) groups excluding carboxylic acids is 1. The van der Waals surface area contributed by atoms with Crippen LogP contribution in [0.1, 0.15) is 58.2 Å². The van der Waals surface area contributed by atoms with Crippen LogP contribution >= 0.6 is 11.3 Å². The van der Waals surface area contributed by atoms with Crippen LogP contribution in [-0.4, -0.2) is 10.8 Å². The smallest absolute Gasteiger partial charge is 0.171 e. The lowest BCUT2D eigenvalue weighted by molar-refractivity contribution is 0.102. The van der Waals surface area contributed by atoms with Crippen LogP contribution in [0.25, 0.3) is 0 Å². The summed E-state index contributed by atoms with van der Waals surface area (Å²) in [6.45, 7) is 7.89. The van der Waals surface area contributed by atoms with Gasteiger partial charge in [0.05, 0.1) is 15.6 Å². The Balaban J connectivity index is 2.17. The van der Waals surface area contributed by atoms with E-state index in [-0.39, 0.29) is 5.78 Å². The molecule has 0 atom stereocenters. The van der Waals surface area contributed by atoms with Crippen molar-refractivity contribution >= 4 is 17.1 Å². The molecule has 0 bridgehead atoms. The largest absolute Gasteiger partial charge is 0.294 e. The van der Waals surface area contributed by atoms with E-state index in [0.29, 0.717) is 5.92 Å². The molecule has 0 fully saturated rings. The molecule has 0 N–H and O–H groups in total. The quantitative estimate of drug-likeness (QED) is 0.774. The Kier molecular flexibility index (Phi) is 4.15. The minimum Gasteiger partial charge on any atom is -0.294 e. The number of hydrogen-bond donors (Lipinski definition) is 0. The van der Waals surface area contributed by atoms with Crippen LogP contribution in [0.2, 0.25) is 0 Å². The molecule has 1 aromatic carbocycles. The van der Waals surface area contributed by atoms with Gasteiger partial charge in [0.15, 0.2) is 5.78 Å². The highest BCUT2D eigenvalue weighted by Crippen LogP contribution is 2.22. The summed E-state index contributed by atoms with van der Waals surface area (Å²) in [4.78, 5) is 16.7. The van der Waals surface area contributed by atoms with Gasteiger partial charge in [0, 0.05) is 13.3 Å². The third-order valence-electron chi connectivity index (χ3n) is 3.16. The fraction of sp³-hybridized carbons (Fsp3) is 0.375. The molecule has 2 nitrogen and oxygen atoms in total. The zero-order valence-corrected chi connectivity index (χ0v) is 12.7. The Labute approximate surface area is 118 Å². The van der Waals surface area contributed by atoms with Crippen LogP contribution in [0.4, 0.5) is 0 Å². The number of benzene rings is 1. The summed E-state index contributed by atoms with van der Waals surface area (Å²) >= 11 is 1.51. The SMILES string of the molecule is CC(=O)c1sc(Cc2ccc(C(C)C)cc2)nc1C. The summed E-state index contributed by atoms with van der Waals surface area (Å²) in [6, 6.07) is 8.65. The molecular weight excluding hydrogens is 254 g/mol. The highest BCUT2D eigenvalue weighted by Gasteiger charge is 2.11. The van der Waals surface area contributed by atoms with Crippen molar-refractivity contribution in [3.05, 3.63) is 51.0 Å². The maximum Gasteiger partial charge on any atom is 0.171 e. The van der Waals surface area contributed by atoms with Crippen molar-refractivity contribution < 1.29 is 4.79 Å². The highest BCUT2D eigenvalue weighted by molar-refractivity contribution is 7.13. The van der Waals surface area contributed by atoms with E-state index in [1.807, 2.05) is 6.92 Å². The van der Waals surface area contributed by atoms with Crippen molar-refractivity contribution in [2.75, 3.05) is 0 Å². The van der Waals surface area contributed by atoms with Gasteiger partial charge < -0.3 is 0 Å². The van der Waals surface area contributed by atoms with Crippen molar-refractivity contribution in [3.63, 3.8) is 0 Å². The topological polar surface area (TPSA) is 30.0 Å². The second-order valence-corrected chi connectivity index (χ2v) is 6.24. The molecule has 0 saturated carbocycles. The first-order valence-electron chi connectivity index (χ1n) is 6.53. The second kappa shape index (κ2) is 5.66. The van der Waals surface area contributed by atoms with Gasteiger partial charge in [-0.2, -0.15) is 0 Å². The van der Waals surface area contributed by atoms with Crippen molar-refractivity contribution in [2.45, 2.75) is 40.0 Å². The fourth-order valence-electron chi connectivity index (χ4n) is 2.05. The van der Waals surface area contributed by atoms with E-state index in [2.05, 4.69) is 43.1 Å². The van der Waals surface area contributed by atoms with Crippen molar-refractivity contribution in [2.24, 2.45) is 0 Å². The third-order valence-corrected chi connectivity index (χ3v) is 4.42. The van der Waals surface area contributed by atoms with Crippen LogP contribution < -0.4 is 0 Å². The van der Waals surface area contributed by atoms with E-state index >= 15 is 0 Å². The Hall–Kier alpha value is -1.48. The number of rotatable bonds is 4. The Morgan fingerprint density at radius 2 is 1.89 bits per heavy atom. The minimum absolute atomic E-state index is 0.108. The zero-order valence-electron chi connectivity index (χ0n) is 11.9. The van der Waals surface area contributed by atoms with Gasteiger partial charge in [-0.25, -0.2) is 4.98 Å². The van der Waals surface area contributed by atoms with Crippen LogP contribution in [0.3, 0.4) is 0 Å². The first-order valence-corrected chi connectivity index (χ1v) is 7.35. The molecule has 0 amide bonds. The van der Waals surface area contributed by atoms with E-state index in [1.165, 1.54) is 22.5 Å². The predicted molar refractivity (Wildman–Crippen MR) is 80.2 cm³/mol. The number of aryl methyl sites for hydroxylation is 1. The summed E-state index contributed by atoms with van der Waals surface area (Å²) < 4.78 is 0. The second-order valence-electron chi connectivity index (χ2n) is 5.15. The molecular formula is C16H19NOS. The molecule has 19 heavy (non-hydrogen) atoms. The third kappa shape index (κ3) is 3.29. The van der Waals surface area contributed by atoms with Gasteiger partial charge in [-0.1, -0.05) is 38.1 Å². The van der Waals surface area contributed by atoms with E-state index in [4.69, 9.17) is 0 Å². The molecule has 0 aliphatic rings. The Morgan fingerprint density at radius 1 is 1.26 bits per heavy atom. The molecule has 0 spiro atoms. The average molecular weight is 273 g/mol. The van der Waals surface area contributed by atoms with Crippen molar-refractivity contribution in [1.29, 1.82) is 0 Å². The van der Waals surface area contributed by atoms with Crippen molar-refractivity contribution in [3.8, 4) is 0 Å². The lowest BCUT2D eigenvalue weighted by Crippen LogP contribution is -1.91. The maximum absolute atomic E-state index is 11.4. The van der Waals surface area contributed by atoms with Gasteiger partial charge in [0.25, 0.3) is 0 Å². The molecule has 3 heteroatoms. The first kappa shape index (κ1) is 13.9. The number of ketones is 1. The van der Waals surface area contributed by atoms with Gasteiger partial charge in [-0.3, -0.25) is 4.79 Å². The molecule has 0 aliphatic carbocycles. The molecule has 2 rings (SSSR count). The minimum atomic E-state index is 0.108. The number of thiazole rings is 1. The Bertz CT molecular complexity index is 581. The summed E-state index contributed by atoms with van der Waals surface area (Å²) in [7, 11) is 0. The van der Waals surface area contributed by atoms with Gasteiger partial charge >= 0.3 is 0 Å². The van der Waals surface area contributed by atoms with Gasteiger partial charge in [-0.15, -0.1) is 11.3 Å². The lowest BCUT2D eigenvalue weighted by Gasteiger charge is -2.05. The molecule has 1 aromatic heterocycles. The number of aromatic nitrogens is 1. The van der Waals surface area contributed by atoms with E-state index < -0.39 is 0 Å². The van der Waals surface area contributed by atoms with Gasteiger partial charge in [0.2, 0.25) is 0 Å². The zero-order chi connectivity index (χ0) is 14.0. The van der Waals surface area contributed by atoms with Crippen LogP contribution in [-0.2, 0) is 6.42 Å². The lowest BCUT2D eigenvalue weighted by atomic mass is 10.0. The van der Waals surface area contributed by atoms with Gasteiger partial charge in [0.1, 0.15) is 0 Å². The molecule has 2 aromatic rings. The average Bonchev–Trinajstić information content (AvgIpc) is 2.71. The Morgan fingerprint density at radius 3 is 2.37 bits per heavy atom. The molecule has 0 radical (unpaired) electrons. The van der Waals surface area contributed by atoms with Crippen molar-refractivity contribution in [1.82, 2.24) is 4.98 Å². The highest BCUT2D eigenvalue weighted by atomic mass is 32.1. The maximum atomic E-state index is 11.4.